The van der Waals surface area contributed by atoms with E-state index in [9.17, 15) is 0 Å². The van der Waals surface area contributed by atoms with E-state index in [4.69, 9.17) is 17.3 Å². The molecule has 0 unspecified atom stereocenters. The molecule has 1 aromatic heterocycles. The summed E-state index contributed by atoms with van der Waals surface area (Å²) in [6.07, 6.45) is 2.47. The number of hydrogen-bond acceptors (Lipinski definition) is 2. The monoisotopic (exact) mass is 158 g/mol. The van der Waals surface area contributed by atoms with Crippen LogP contribution in [0.3, 0.4) is 0 Å². The van der Waals surface area contributed by atoms with E-state index in [0.717, 1.165) is 5.69 Å². The first-order chi connectivity index (χ1) is 4.75. The lowest BCUT2D eigenvalue weighted by molar-refractivity contribution is 0.297. The maximum Gasteiger partial charge on any atom is 0.177 e. The van der Waals surface area contributed by atoms with Crippen molar-refractivity contribution in [3.63, 3.8) is 0 Å². The van der Waals surface area contributed by atoms with E-state index in [1.54, 1.807) is 0 Å². The molecular formula is C6H10N2OS. The van der Waals surface area contributed by atoms with E-state index in [2.05, 4.69) is 4.98 Å². The summed E-state index contributed by atoms with van der Waals surface area (Å²) in [4.78, 5) is 2.89. The van der Waals surface area contributed by atoms with E-state index < -0.39 is 0 Å². The largest absolute Gasteiger partial charge is 0.396 e. The summed E-state index contributed by atoms with van der Waals surface area (Å²) in [6, 6.07) is 0. The van der Waals surface area contributed by atoms with E-state index in [1.165, 1.54) is 0 Å². The van der Waals surface area contributed by atoms with Gasteiger partial charge in [0.05, 0.1) is 0 Å². The van der Waals surface area contributed by atoms with Gasteiger partial charge in [-0.1, -0.05) is 0 Å². The zero-order valence-corrected chi connectivity index (χ0v) is 6.61. The van der Waals surface area contributed by atoms with Crippen molar-refractivity contribution >= 4 is 12.2 Å². The van der Waals surface area contributed by atoms with Gasteiger partial charge in [0.1, 0.15) is 0 Å². The van der Waals surface area contributed by atoms with Crippen LogP contribution in [0.2, 0.25) is 0 Å². The zero-order valence-electron chi connectivity index (χ0n) is 5.79. The molecular weight excluding hydrogens is 148 g/mol. The highest BCUT2D eigenvalue weighted by atomic mass is 32.1. The van der Waals surface area contributed by atoms with E-state index in [0.29, 0.717) is 11.2 Å². The fourth-order valence-corrected chi connectivity index (χ4v) is 1.000. The Hall–Kier alpha value is -0.610. The van der Waals surface area contributed by atoms with Crippen molar-refractivity contribution in [2.45, 2.75) is 6.42 Å². The Bertz CT molecular complexity index is 263. The van der Waals surface area contributed by atoms with Gasteiger partial charge >= 0.3 is 0 Å². The quantitative estimate of drug-likeness (QED) is 0.619. The highest BCUT2D eigenvalue weighted by molar-refractivity contribution is 7.71. The highest BCUT2D eigenvalue weighted by Gasteiger charge is 1.96. The Morgan fingerprint density at radius 3 is 2.90 bits per heavy atom. The molecule has 0 atom stereocenters. The lowest BCUT2D eigenvalue weighted by Gasteiger charge is -1.96. The summed E-state index contributed by atoms with van der Waals surface area (Å²) in [6.45, 7) is 0.167. The lowest BCUT2D eigenvalue weighted by Crippen LogP contribution is -1.98. The molecule has 0 amide bonds. The van der Waals surface area contributed by atoms with Crippen molar-refractivity contribution in [2.24, 2.45) is 7.05 Å². The molecule has 0 aromatic carbocycles. The number of H-pyrrole nitrogens is 1. The number of aromatic nitrogens is 2. The van der Waals surface area contributed by atoms with Crippen LogP contribution in [0.1, 0.15) is 5.69 Å². The van der Waals surface area contributed by atoms with Gasteiger partial charge in [0.25, 0.3) is 0 Å². The number of rotatable bonds is 2. The molecule has 0 saturated carbocycles. The van der Waals surface area contributed by atoms with Crippen LogP contribution in [0.25, 0.3) is 0 Å². The first-order valence-electron chi connectivity index (χ1n) is 3.10. The Kier molecular flexibility index (Phi) is 2.24. The molecule has 0 radical (unpaired) electrons. The lowest BCUT2D eigenvalue weighted by atomic mass is 10.3. The predicted molar refractivity (Wildman–Crippen MR) is 41.4 cm³/mol. The molecule has 1 rings (SSSR count). The van der Waals surface area contributed by atoms with Crippen LogP contribution in [0, 0.1) is 4.77 Å². The zero-order chi connectivity index (χ0) is 7.56. The molecule has 4 heteroatoms. The second-order valence-electron chi connectivity index (χ2n) is 2.12. The van der Waals surface area contributed by atoms with Gasteiger partial charge in [-0.15, -0.1) is 0 Å². The molecule has 3 nitrogen and oxygen atoms in total. The first kappa shape index (κ1) is 7.50. The molecule has 56 valence electrons. The van der Waals surface area contributed by atoms with Crippen LogP contribution in [0.15, 0.2) is 6.20 Å². The average Bonchev–Trinajstić information content (AvgIpc) is 2.20. The van der Waals surface area contributed by atoms with Gasteiger partial charge in [0.15, 0.2) is 4.77 Å². The van der Waals surface area contributed by atoms with Crippen molar-refractivity contribution in [3.05, 3.63) is 16.7 Å². The van der Waals surface area contributed by atoms with Gasteiger partial charge in [0.2, 0.25) is 0 Å². The molecule has 0 spiro atoms. The van der Waals surface area contributed by atoms with Crippen LogP contribution in [0.5, 0.6) is 0 Å². The van der Waals surface area contributed by atoms with Gasteiger partial charge in [-0.25, -0.2) is 0 Å². The van der Waals surface area contributed by atoms with Crippen molar-refractivity contribution in [2.75, 3.05) is 6.61 Å². The van der Waals surface area contributed by atoms with Crippen LogP contribution < -0.4 is 0 Å². The summed E-state index contributed by atoms with van der Waals surface area (Å²) >= 11 is 4.91. The molecule has 0 fully saturated rings. The summed E-state index contributed by atoms with van der Waals surface area (Å²) in [5, 5.41) is 8.59. The SMILES string of the molecule is Cn1c(CCO)c[nH]c1=S. The Morgan fingerprint density at radius 1 is 1.80 bits per heavy atom. The molecule has 0 aliphatic heterocycles. The second kappa shape index (κ2) is 2.98. The number of nitrogens with zero attached hydrogens (tertiary/aromatic N) is 1. The van der Waals surface area contributed by atoms with Crippen molar-refractivity contribution in [1.29, 1.82) is 0 Å². The third-order valence-electron chi connectivity index (χ3n) is 1.47. The molecule has 0 aliphatic carbocycles. The molecule has 0 aliphatic rings. The summed E-state index contributed by atoms with van der Waals surface area (Å²) in [5.74, 6) is 0. The normalized spacial score (nSPS) is 10.2. The van der Waals surface area contributed by atoms with Crippen LogP contribution in [-0.4, -0.2) is 21.3 Å². The number of aromatic amines is 1. The number of aliphatic hydroxyl groups is 1. The Morgan fingerprint density at radius 2 is 2.50 bits per heavy atom. The van der Waals surface area contributed by atoms with Gasteiger partial charge in [-0.05, 0) is 12.2 Å². The van der Waals surface area contributed by atoms with Crippen molar-refractivity contribution in [1.82, 2.24) is 9.55 Å². The summed E-state index contributed by atoms with van der Waals surface area (Å²) in [7, 11) is 1.88. The fraction of sp³-hybridized carbons (Fsp3) is 0.500. The van der Waals surface area contributed by atoms with Gasteiger partial charge in [0, 0.05) is 32.0 Å². The molecule has 0 bridgehead atoms. The summed E-state index contributed by atoms with van der Waals surface area (Å²) < 4.78 is 2.55. The standard InChI is InChI=1S/C6H10N2OS/c1-8-5(2-3-9)4-7-6(8)10/h4,9H,2-3H2,1H3,(H,7,10). The van der Waals surface area contributed by atoms with E-state index in [-0.39, 0.29) is 6.61 Å². The smallest absolute Gasteiger partial charge is 0.177 e. The van der Waals surface area contributed by atoms with Gasteiger partial charge in [-0.3, -0.25) is 0 Å². The van der Waals surface area contributed by atoms with Gasteiger partial charge < -0.3 is 14.7 Å². The highest BCUT2D eigenvalue weighted by Crippen LogP contribution is 1.98. The van der Waals surface area contributed by atoms with Crippen molar-refractivity contribution in [3.8, 4) is 0 Å². The molecule has 0 saturated heterocycles. The van der Waals surface area contributed by atoms with Crippen LogP contribution in [0.4, 0.5) is 0 Å². The molecule has 2 N–H and O–H groups in total. The first-order valence-corrected chi connectivity index (χ1v) is 3.50. The third kappa shape index (κ3) is 1.27. The van der Waals surface area contributed by atoms with Crippen LogP contribution in [-0.2, 0) is 13.5 Å². The topological polar surface area (TPSA) is 41.0 Å². The fourth-order valence-electron chi connectivity index (χ4n) is 0.824. The van der Waals surface area contributed by atoms with E-state index in [1.807, 2.05) is 17.8 Å². The van der Waals surface area contributed by atoms with Gasteiger partial charge in [-0.2, -0.15) is 0 Å². The third-order valence-corrected chi connectivity index (χ3v) is 1.86. The number of hydrogen-bond donors (Lipinski definition) is 2. The number of imidazole rings is 1. The minimum atomic E-state index is 0.167. The summed E-state index contributed by atoms with van der Waals surface area (Å²) in [5.41, 5.74) is 1.03. The molecule has 1 heterocycles. The van der Waals surface area contributed by atoms with E-state index >= 15 is 0 Å². The van der Waals surface area contributed by atoms with Crippen LogP contribution >= 0.6 is 12.2 Å². The minimum absolute atomic E-state index is 0.167. The average molecular weight is 158 g/mol. The maximum absolute atomic E-state index is 8.59. The molecule has 10 heavy (non-hydrogen) atoms. The second-order valence-corrected chi connectivity index (χ2v) is 2.50. The molecule has 1 aromatic rings. The number of aliphatic hydroxyl groups excluding tert-OH is 1. The maximum atomic E-state index is 8.59. The van der Waals surface area contributed by atoms with Crippen molar-refractivity contribution < 1.29 is 5.11 Å². The Balaban J connectivity index is 2.94. The minimum Gasteiger partial charge on any atom is -0.396 e. The number of nitrogens with one attached hydrogen (secondary N) is 1. The predicted octanol–water partition coefficient (Wildman–Crippen LogP) is 0.617. The Labute approximate surface area is 64.3 Å².